The van der Waals surface area contributed by atoms with Gasteiger partial charge in [0, 0.05) is 19.6 Å². The van der Waals surface area contributed by atoms with Crippen LogP contribution in [0, 0.1) is 10.7 Å². The van der Waals surface area contributed by atoms with E-state index in [0.717, 1.165) is 48.8 Å². The van der Waals surface area contributed by atoms with Crippen LogP contribution in [0.2, 0.25) is 0 Å². The second kappa shape index (κ2) is 6.98. The molecule has 0 aliphatic carbocycles. The molecule has 23 heavy (non-hydrogen) atoms. The number of nitrogens with zero attached hydrogens (tertiary/aromatic N) is 4. The van der Waals surface area contributed by atoms with Gasteiger partial charge in [-0.3, -0.25) is 9.47 Å². The van der Waals surface area contributed by atoms with Gasteiger partial charge in [0.05, 0.1) is 19.0 Å². The van der Waals surface area contributed by atoms with Crippen molar-refractivity contribution in [3.63, 3.8) is 0 Å². The second-order valence-corrected chi connectivity index (χ2v) is 6.53. The normalized spacial score (nSPS) is 18.4. The van der Waals surface area contributed by atoms with E-state index in [2.05, 4.69) is 16.9 Å². The van der Waals surface area contributed by atoms with Gasteiger partial charge in [-0.05, 0) is 57.0 Å². The zero-order chi connectivity index (χ0) is 16.4. The minimum Gasteiger partial charge on any atom is -0.461 e. The second-order valence-electron chi connectivity index (χ2n) is 6.16. The van der Waals surface area contributed by atoms with Crippen molar-refractivity contribution in [3.8, 4) is 11.6 Å². The Morgan fingerprint density at radius 1 is 1.43 bits per heavy atom. The van der Waals surface area contributed by atoms with E-state index in [-0.39, 0.29) is 6.10 Å². The molecule has 0 spiro atoms. The number of piperidine rings is 1. The first-order valence-corrected chi connectivity index (χ1v) is 8.63. The standard InChI is InChI=1S/C16H24N4O2S/c1-3-19-15(14-5-4-10-22-14)17-20(16(19)23)11-18-8-6-13(7-9-18)12(2)21/h4-5,10,12-13,21H,3,6-9,11H2,1-2H3. The molecular weight excluding hydrogens is 312 g/mol. The van der Waals surface area contributed by atoms with E-state index in [1.165, 1.54) is 0 Å². The summed E-state index contributed by atoms with van der Waals surface area (Å²) in [5, 5.41) is 14.4. The molecular formula is C16H24N4O2S. The maximum Gasteiger partial charge on any atom is 0.199 e. The third-order valence-electron chi connectivity index (χ3n) is 4.63. The average Bonchev–Trinajstić information content (AvgIpc) is 3.16. The Labute approximate surface area is 141 Å². The lowest BCUT2D eigenvalue weighted by Crippen LogP contribution is -2.38. The fraction of sp³-hybridized carbons (Fsp3) is 0.625. The van der Waals surface area contributed by atoms with Crippen LogP contribution in [0.25, 0.3) is 11.6 Å². The van der Waals surface area contributed by atoms with Gasteiger partial charge in [0.1, 0.15) is 0 Å². The number of furan rings is 1. The molecule has 0 saturated carbocycles. The fourth-order valence-electron chi connectivity index (χ4n) is 3.17. The Bertz CT molecular complexity index is 681. The largest absolute Gasteiger partial charge is 0.461 e. The van der Waals surface area contributed by atoms with Gasteiger partial charge >= 0.3 is 0 Å². The molecule has 1 atom stereocenters. The topological polar surface area (TPSA) is 59.4 Å². The molecule has 0 amide bonds. The molecule has 1 aliphatic heterocycles. The molecule has 1 saturated heterocycles. The molecule has 1 unspecified atom stereocenters. The Hall–Kier alpha value is -1.44. The molecule has 6 nitrogen and oxygen atoms in total. The molecule has 2 aromatic rings. The highest BCUT2D eigenvalue weighted by Crippen LogP contribution is 2.22. The highest BCUT2D eigenvalue weighted by atomic mass is 32.1. The molecule has 3 rings (SSSR count). The number of hydrogen-bond donors (Lipinski definition) is 1. The van der Waals surface area contributed by atoms with Crippen molar-refractivity contribution in [2.45, 2.75) is 46.0 Å². The lowest BCUT2D eigenvalue weighted by molar-refractivity contribution is 0.0591. The molecule has 1 aliphatic rings. The summed E-state index contributed by atoms with van der Waals surface area (Å²) in [5.41, 5.74) is 0. The van der Waals surface area contributed by atoms with Crippen LogP contribution in [-0.2, 0) is 13.2 Å². The van der Waals surface area contributed by atoms with Gasteiger partial charge in [0.2, 0.25) is 0 Å². The van der Waals surface area contributed by atoms with Crippen LogP contribution in [0.15, 0.2) is 22.8 Å². The SMILES string of the molecule is CCn1c(-c2ccco2)nn(CN2CCC(C(C)O)CC2)c1=S. The molecule has 3 heterocycles. The van der Waals surface area contributed by atoms with Gasteiger partial charge in [0.15, 0.2) is 16.4 Å². The third kappa shape index (κ3) is 3.41. The molecule has 7 heteroatoms. The Kier molecular flexibility index (Phi) is 4.99. The molecule has 0 bridgehead atoms. The van der Waals surface area contributed by atoms with Gasteiger partial charge in [-0.1, -0.05) is 0 Å². The van der Waals surface area contributed by atoms with E-state index in [9.17, 15) is 5.11 Å². The lowest BCUT2D eigenvalue weighted by atomic mass is 9.92. The highest BCUT2D eigenvalue weighted by Gasteiger charge is 2.23. The predicted molar refractivity (Wildman–Crippen MR) is 90.4 cm³/mol. The summed E-state index contributed by atoms with van der Waals surface area (Å²) in [6.45, 7) is 7.32. The predicted octanol–water partition coefficient (Wildman–Crippen LogP) is 2.74. The first-order valence-electron chi connectivity index (χ1n) is 8.22. The summed E-state index contributed by atoms with van der Waals surface area (Å²) >= 11 is 5.57. The Balaban J connectivity index is 1.75. The summed E-state index contributed by atoms with van der Waals surface area (Å²) in [4.78, 5) is 2.34. The van der Waals surface area contributed by atoms with Crippen LogP contribution in [-0.4, -0.2) is 43.5 Å². The molecule has 0 radical (unpaired) electrons. The number of hydrogen-bond acceptors (Lipinski definition) is 5. The van der Waals surface area contributed by atoms with Crippen molar-refractivity contribution < 1.29 is 9.52 Å². The van der Waals surface area contributed by atoms with Gasteiger partial charge in [-0.2, -0.15) is 0 Å². The molecule has 1 N–H and O–H groups in total. The molecule has 126 valence electrons. The van der Waals surface area contributed by atoms with E-state index in [4.69, 9.17) is 16.6 Å². The quantitative estimate of drug-likeness (QED) is 0.851. The van der Waals surface area contributed by atoms with Crippen LogP contribution in [0.5, 0.6) is 0 Å². The minimum atomic E-state index is -0.218. The van der Waals surface area contributed by atoms with E-state index >= 15 is 0 Å². The van der Waals surface area contributed by atoms with Crippen LogP contribution in [0.1, 0.15) is 26.7 Å². The van der Waals surface area contributed by atoms with E-state index in [1.54, 1.807) is 6.26 Å². The maximum atomic E-state index is 9.71. The summed E-state index contributed by atoms with van der Waals surface area (Å²) in [7, 11) is 0. The van der Waals surface area contributed by atoms with E-state index < -0.39 is 0 Å². The zero-order valence-corrected chi connectivity index (χ0v) is 14.5. The van der Waals surface area contributed by atoms with Crippen molar-refractivity contribution in [2.75, 3.05) is 13.1 Å². The van der Waals surface area contributed by atoms with Gasteiger partial charge in [-0.25, -0.2) is 4.68 Å². The first kappa shape index (κ1) is 16.4. The molecule has 0 aromatic carbocycles. The van der Waals surface area contributed by atoms with Crippen molar-refractivity contribution in [3.05, 3.63) is 23.2 Å². The summed E-state index contributed by atoms with van der Waals surface area (Å²) in [5.74, 6) is 1.93. The Morgan fingerprint density at radius 3 is 2.74 bits per heavy atom. The first-order chi connectivity index (χ1) is 11.1. The monoisotopic (exact) mass is 336 g/mol. The number of aliphatic hydroxyl groups excluding tert-OH is 1. The lowest BCUT2D eigenvalue weighted by Gasteiger charge is -2.32. The highest BCUT2D eigenvalue weighted by molar-refractivity contribution is 7.71. The van der Waals surface area contributed by atoms with Crippen molar-refractivity contribution in [1.29, 1.82) is 0 Å². The summed E-state index contributed by atoms with van der Waals surface area (Å²) in [6, 6.07) is 3.76. The van der Waals surface area contributed by atoms with Crippen LogP contribution >= 0.6 is 12.2 Å². The van der Waals surface area contributed by atoms with Crippen LogP contribution in [0.4, 0.5) is 0 Å². The van der Waals surface area contributed by atoms with Crippen molar-refractivity contribution in [1.82, 2.24) is 19.2 Å². The van der Waals surface area contributed by atoms with E-state index in [1.807, 2.05) is 28.3 Å². The minimum absolute atomic E-state index is 0.218. The maximum absolute atomic E-state index is 9.71. The number of likely N-dealkylation sites (tertiary alicyclic amines) is 1. The number of aliphatic hydroxyl groups is 1. The van der Waals surface area contributed by atoms with Crippen molar-refractivity contribution >= 4 is 12.2 Å². The van der Waals surface area contributed by atoms with E-state index in [0.29, 0.717) is 12.6 Å². The van der Waals surface area contributed by atoms with Crippen molar-refractivity contribution in [2.24, 2.45) is 5.92 Å². The van der Waals surface area contributed by atoms with Crippen LogP contribution in [0.3, 0.4) is 0 Å². The summed E-state index contributed by atoms with van der Waals surface area (Å²) in [6.07, 6.45) is 3.47. The Morgan fingerprint density at radius 2 is 2.17 bits per heavy atom. The van der Waals surface area contributed by atoms with Gasteiger partial charge in [-0.15, -0.1) is 5.10 Å². The van der Waals surface area contributed by atoms with Crippen LogP contribution < -0.4 is 0 Å². The molecule has 2 aromatic heterocycles. The molecule has 1 fully saturated rings. The zero-order valence-electron chi connectivity index (χ0n) is 13.7. The van der Waals surface area contributed by atoms with Gasteiger partial charge < -0.3 is 9.52 Å². The smallest absolute Gasteiger partial charge is 0.199 e. The third-order valence-corrected chi connectivity index (χ3v) is 5.06. The summed E-state index contributed by atoms with van der Waals surface area (Å²) < 4.78 is 10.1. The fourth-order valence-corrected chi connectivity index (χ4v) is 3.49. The number of rotatable bonds is 5. The number of aromatic nitrogens is 3. The van der Waals surface area contributed by atoms with Gasteiger partial charge in [0.25, 0.3) is 0 Å². The average molecular weight is 336 g/mol.